The third kappa shape index (κ3) is 3.47. The van der Waals surface area contributed by atoms with Crippen LogP contribution in [0, 0.1) is 0 Å². The number of methoxy groups -OCH3 is 1. The maximum Gasteiger partial charge on any atom is 0.430 e. The van der Waals surface area contributed by atoms with Crippen LogP contribution in [0.5, 0.6) is 5.75 Å². The van der Waals surface area contributed by atoms with Gasteiger partial charge < -0.3 is 9.47 Å². The maximum atomic E-state index is 13.2. The molecule has 1 aromatic rings. The minimum absolute atomic E-state index is 0.0364. The molecule has 0 bridgehead atoms. The Hall–Kier alpha value is -1.69. The highest BCUT2D eigenvalue weighted by Crippen LogP contribution is 2.42. The van der Waals surface area contributed by atoms with Crippen molar-refractivity contribution < 1.29 is 27.4 Å². The van der Waals surface area contributed by atoms with Crippen LogP contribution in [-0.2, 0) is 14.9 Å². The second kappa shape index (κ2) is 5.74. The van der Waals surface area contributed by atoms with E-state index in [1.807, 2.05) is 20.8 Å². The van der Waals surface area contributed by atoms with Crippen molar-refractivity contribution in [2.45, 2.75) is 38.5 Å². The number of hydrogen-bond acceptors (Lipinski definition) is 3. The van der Waals surface area contributed by atoms with Crippen molar-refractivity contribution in [3.05, 3.63) is 33.9 Å². The Morgan fingerprint density at radius 2 is 1.87 bits per heavy atom. The lowest BCUT2D eigenvalue weighted by Gasteiger charge is -2.29. The molecule has 0 radical (unpaired) electrons. The van der Waals surface area contributed by atoms with Gasteiger partial charge in [-0.15, -0.1) is 0 Å². The molecular weight excluding hydrogens is 333 g/mol. The van der Waals surface area contributed by atoms with Crippen molar-refractivity contribution in [1.29, 1.82) is 0 Å². The quantitative estimate of drug-likeness (QED) is 0.700. The lowest BCUT2D eigenvalue weighted by atomic mass is 9.85. The van der Waals surface area contributed by atoms with Crippen molar-refractivity contribution in [3.8, 4) is 5.75 Å². The SMILES string of the molecule is COC(=O)C1=Cc2cc(Cl)c(C(C)(C)C)cc2OC1C(F)(F)F. The summed E-state index contributed by atoms with van der Waals surface area (Å²) in [5.41, 5.74) is -0.0000378. The van der Waals surface area contributed by atoms with E-state index in [2.05, 4.69) is 4.74 Å². The van der Waals surface area contributed by atoms with Gasteiger partial charge in [0.05, 0.1) is 12.7 Å². The van der Waals surface area contributed by atoms with Crippen LogP contribution in [0.25, 0.3) is 6.08 Å². The monoisotopic (exact) mass is 348 g/mol. The molecule has 0 fully saturated rings. The van der Waals surface area contributed by atoms with Gasteiger partial charge in [-0.1, -0.05) is 32.4 Å². The smallest absolute Gasteiger partial charge is 0.430 e. The summed E-state index contributed by atoms with van der Waals surface area (Å²) in [4.78, 5) is 11.6. The average Bonchev–Trinajstić information content (AvgIpc) is 2.42. The molecule has 1 aromatic carbocycles. The molecule has 0 aromatic heterocycles. The molecule has 0 amide bonds. The predicted molar refractivity (Wildman–Crippen MR) is 80.6 cm³/mol. The molecule has 0 saturated heterocycles. The summed E-state index contributed by atoms with van der Waals surface area (Å²) in [6.07, 6.45) is -5.99. The van der Waals surface area contributed by atoms with E-state index in [0.717, 1.165) is 13.2 Å². The molecule has 7 heteroatoms. The number of halogens is 4. The summed E-state index contributed by atoms with van der Waals surface area (Å²) in [7, 11) is 1.02. The minimum Gasteiger partial charge on any atom is -0.475 e. The first-order valence-electron chi connectivity index (χ1n) is 6.82. The van der Waals surface area contributed by atoms with Crippen molar-refractivity contribution in [2.75, 3.05) is 7.11 Å². The summed E-state index contributed by atoms with van der Waals surface area (Å²) in [5, 5.41) is 0.394. The highest BCUT2D eigenvalue weighted by atomic mass is 35.5. The van der Waals surface area contributed by atoms with Crippen LogP contribution >= 0.6 is 11.6 Å². The zero-order chi connectivity index (χ0) is 17.6. The molecule has 23 heavy (non-hydrogen) atoms. The predicted octanol–water partition coefficient (Wildman–Crippen LogP) is 4.52. The topological polar surface area (TPSA) is 35.5 Å². The van der Waals surface area contributed by atoms with Crippen LogP contribution < -0.4 is 4.74 Å². The summed E-state index contributed by atoms with van der Waals surface area (Å²) in [5.74, 6) is -1.05. The molecule has 3 nitrogen and oxygen atoms in total. The zero-order valence-corrected chi connectivity index (χ0v) is 13.8. The third-order valence-electron chi connectivity index (χ3n) is 3.46. The standard InChI is InChI=1S/C16H16ClF3O3/c1-15(2,3)10-7-12-8(6-11(10)17)5-9(14(21)22-4)13(23-12)16(18,19)20/h5-7,13H,1-4H3. The molecule has 0 aliphatic carbocycles. The molecule has 2 rings (SSSR count). The number of rotatable bonds is 1. The molecular formula is C16H16ClF3O3. The Morgan fingerprint density at radius 3 is 2.35 bits per heavy atom. The van der Waals surface area contributed by atoms with E-state index < -0.39 is 23.8 Å². The maximum absolute atomic E-state index is 13.2. The Balaban J connectivity index is 2.61. The van der Waals surface area contributed by atoms with Gasteiger partial charge in [-0.2, -0.15) is 13.2 Å². The summed E-state index contributed by atoms with van der Waals surface area (Å²) >= 11 is 6.21. The van der Waals surface area contributed by atoms with Crippen molar-refractivity contribution in [1.82, 2.24) is 0 Å². The van der Waals surface area contributed by atoms with Gasteiger partial charge in [0.25, 0.3) is 0 Å². The van der Waals surface area contributed by atoms with Crippen molar-refractivity contribution in [2.24, 2.45) is 0 Å². The molecule has 1 atom stereocenters. The Morgan fingerprint density at radius 1 is 1.26 bits per heavy atom. The van der Waals surface area contributed by atoms with E-state index in [1.54, 1.807) is 0 Å². The second-order valence-electron chi connectivity index (χ2n) is 6.25. The Kier molecular flexibility index (Phi) is 4.41. The van der Waals surface area contributed by atoms with E-state index >= 15 is 0 Å². The van der Waals surface area contributed by atoms with E-state index in [-0.39, 0.29) is 11.2 Å². The largest absolute Gasteiger partial charge is 0.475 e. The second-order valence-corrected chi connectivity index (χ2v) is 6.66. The fourth-order valence-electron chi connectivity index (χ4n) is 2.32. The molecule has 1 aliphatic rings. The fourth-order valence-corrected chi connectivity index (χ4v) is 2.77. The fraction of sp³-hybridized carbons (Fsp3) is 0.438. The Bertz CT molecular complexity index is 672. The van der Waals surface area contributed by atoms with Gasteiger partial charge in [0, 0.05) is 10.6 Å². The van der Waals surface area contributed by atoms with Crippen LogP contribution in [0.4, 0.5) is 13.2 Å². The lowest BCUT2D eigenvalue weighted by molar-refractivity contribution is -0.187. The number of fused-ring (bicyclic) bond motifs is 1. The number of hydrogen-bond donors (Lipinski definition) is 0. The van der Waals surface area contributed by atoms with E-state index in [4.69, 9.17) is 16.3 Å². The van der Waals surface area contributed by atoms with Gasteiger partial charge in [-0.05, 0) is 29.2 Å². The molecule has 0 spiro atoms. The Labute approximate surface area is 137 Å². The molecule has 0 saturated carbocycles. The molecule has 0 N–H and O–H groups in total. The summed E-state index contributed by atoms with van der Waals surface area (Å²) in [6.45, 7) is 5.67. The number of carbonyl (C=O) groups is 1. The van der Waals surface area contributed by atoms with Crippen molar-refractivity contribution >= 4 is 23.6 Å². The van der Waals surface area contributed by atoms with Gasteiger partial charge in [0.2, 0.25) is 6.10 Å². The highest BCUT2D eigenvalue weighted by molar-refractivity contribution is 6.31. The normalized spacial score (nSPS) is 17.9. The van der Waals surface area contributed by atoms with Crippen LogP contribution in [0.2, 0.25) is 5.02 Å². The summed E-state index contributed by atoms with van der Waals surface area (Å²) < 4.78 is 49.1. The number of esters is 1. The molecule has 1 unspecified atom stereocenters. The van der Waals surface area contributed by atoms with Gasteiger partial charge in [0.15, 0.2) is 0 Å². The van der Waals surface area contributed by atoms with Crippen LogP contribution in [0.3, 0.4) is 0 Å². The summed E-state index contributed by atoms with van der Waals surface area (Å²) in [6, 6.07) is 2.98. The first-order chi connectivity index (χ1) is 10.4. The minimum atomic E-state index is -4.74. The number of benzene rings is 1. The van der Waals surface area contributed by atoms with Crippen LogP contribution in [0.1, 0.15) is 31.9 Å². The van der Waals surface area contributed by atoms with Crippen LogP contribution in [-0.4, -0.2) is 25.4 Å². The molecule has 1 aliphatic heterocycles. The number of carbonyl (C=O) groups excluding carboxylic acids is 1. The van der Waals surface area contributed by atoms with Gasteiger partial charge >= 0.3 is 12.1 Å². The lowest BCUT2D eigenvalue weighted by Crippen LogP contribution is -2.40. The first kappa shape index (κ1) is 17.7. The zero-order valence-electron chi connectivity index (χ0n) is 13.0. The van der Waals surface area contributed by atoms with Gasteiger partial charge in [0.1, 0.15) is 5.75 Å². The third-order valence-corrected chi connectivity index (χ3v) is 3.78. The van der Waals surface area contributed by atoms with Gasteiger partial charge in [-0.3, -0.25) is 0 Å². The number of alkyl halides is 3. The molecule has 1 heterocycles. The van der Waals surface area contributed by atoms with Crippen LogP contribution in [0.15, 0.2) is 17.7 Å². The van der Waals surface area contributed by atoms with E-state index in [0.29, 0.717) is 16.1 Å². The van der Waals surface area contributed by atoms with Gasteiger partial charge in [-0.25, -0.2) is 4.79 Å². The highest BCUT2D eigenvalue weighted by Gasteiger charge is 2.48. The van der Waals surface area contributed by atoms with E-state index in [9.17, 15) is 18.0 Å². The number of ether oxygens (including phenoxy) is 2. The van der Waals surface area contributed by atoms with E-state index in [1.165, 1.54) is 12.1 Å². The van der Waals surface area contributed by atoms with Crippen molar-refractivity contribution in [3.63, 3.8) is 0 Å². The first-order valence-corrected chi connectivity index (χ1v) is 7.20. The average molecular weight is 349 g/mol. The molecule has 126 valence electrons.